The second kappa shape index (κ2) is 7.73. The molecule has 2 aromatic rings. The van der Waals surface area contributed by atoms with Crippen LogP contribution >= 0.6 is 0 Å². The molecule has 0 aliphatic heterocycles. The van der Waals surface area contributed by atoms with Crippen LogP contribution < -0.4 is 4.74 Å². The van der Waals surface area contributed by atoms with Crippen LogP contribution in [0.15, 0.2) is 28.8 Å². The molecule has 0 radical (unpaired) electrons. The van der Waals surface area contributed by atoms with E-state index in [2.05, 4.69) is 22.0 Å². The van der Waals surface area contributed by atoms with E-state index >= 15 is 0 Å². The SMILES string of the molecule is CCCCN(C)Cc1nc(COc2ccc(F)cc2)no1. The van der Waals surface area contributed by atoms with Gasteiger partial charge in [-0.15, -0.1) is 0 Å². The summed E-state index contributed by atoms with van der Waals surface area (Å²) in [6.45, 7) is 3.99. The molecule has 0 aliphatic carbocycles. The quantitative estimate of drug-likeness (QED) is 0.749. The molecular weight excluding hydrogens is 273 g/mol. The fourth-order valence-corrected chi connectivity index (χ4v) is 1.83. The highest BCUT2D eigenvalue weighted by molar-refractivity contribution is 5.22. The largest absolute Gasteiger partial charge is 0.485 e. The van der Waals surface area contributed by atoms with E-state index in [1.807, 2.05) is 7.05 Å². The highest BCUT2D eigenvalue weighted by atomic mass is 19.1. The van der Waals surface area contributed by atoms with Crippen LogP contribution in [0.3, 0.4) is 0 Å². The second-order valence-corrected chi connectivity index (χ2v) is 4.94. The molecular formula is C15H20FN3O2. The van der Waals surface area contributed by atoms with E-state index in [1.165, 1.54) is 12.1 Å². The van der Waals surface area contributed by atoms with Crippen LogP contribution in [0.25, 0.3) is 0 Å². The van der Waals surface area contributed by atoms with Crippen molar-refractivity contribution in [2.75, 3.05) is 13.6 Å². The second-order valence-electron chi connectivity index (χ2n) is 4.94. The van der Waals surface area contributed by atoms with Crippen molar-refractivity contribution >= 4 is 0 Å². The average molecular weight is 293 g/mol. The van der Waals surface area contributed by atoms with Gasteiger partial charge in [0.2, 0.25) is 11.7 Å². The van der Waals surface area contributed by atoms with Crippen molar-refractivity contribution in [3.05, 3.63) is 41.8 Å². The summed E-state index contributed by atoms with van der Waals surface area (Å²) < 4.78 is 23.4. The Bertz CT molecular complexity index is 542. The minimum Gasteiger partial charge on any atom is -0.485 e. The molecule has 0 bridgehead atoms. The van der Waals surface area contributed by atoms with Crippen molar-refractivity contribution in [1.82, 2.24) is 15.0 Å². The van der Waals surface area contributed by atoms with Gasteiger partial charge in [-0.3, -0.25) is 4.90 Å². The van der Waals surface area contributed by atoms with Gasteiger partial charge in [0.1, 0.15) is 11.6 Å². The third kappa shape index (κ3) is 5.15. The van der Waals surface area contributed by atoms with E-state index < -0.39 is 0 Å². The first-order valence-electron chi connectivity index (χ1n) is 7.05. The van der Waals surface area contributed by atoms with Crippen molar-refractivity contribution in [3.63, 3.8) is 0 Å². The molecule has 1 heterocycles. The lowest BCUT2D eigenvalue weighted by molar-refractivity contribution is 0.259. The molecule has 21 heavy (non-hydrogen) atoms. The standard InChI is InChI=1S/C15H20FN3O2/c1-3-4-9-19(2)10-15-17-14(18-21-15)11-20-13-7-5-12(16)6-8-13/h5-8H,3-4,9-11H2,1-2H3. The van der Waals surface area contributed by atoms with Gasteiger partial charge in [0.05, 0.1) is 6.54 Å². The van der Waals surface area contributed by atoms with E-state index in [9.17, 15) is 4.39 Å². The predicted molar refractivity (Wildman–Crippen MR) is 76.3 cm³/mol. The zero-order valence-corrected chi connectivity index (χ0v) is 12.4. The number of hydrogen-bond donors (Lipinski definition) is 0. The molecule has 0 N–H and O–H groups in total. The monoisotopic (exact) mass is 293 g/mol. The number of ether oxygens (including phenoxy) is 1. The minimum atomic E-state index is -0.292. The fourth-order valence-electron chi connectivity index (χ4n) is 1.83. The summed E-state index contributed by atoms with van der Waals surface area (Å²) >= 11 is 0. The zero-order valence-electron chi connectivity index (χ0n) is 12.4. The number of hydrogen-bond acceptors (Lipinski definition) is 5. The van der Waals surface area contributed by atoms with Crippen LogP contribution in [0.2, 0.25) is 0 Å². The van der Waals surface area contributed by atoms with Crippen LogP contribution in [0.5, 0.6) is 5.75 Å². The van der Waals surface area contributed by atoms with Gasteiger partial charge < -0.3 is 9.26 Å². The van der Waals surface area contributed by atoms with E-state index in [-0.39, 0.29) is 12.4 Å². The Labute approximate surface area is 123 Å². The lowest BCUT2D eigenvalue weighted by Crippen LogP contribution is -2.19. The third-order valence-electron chi connectivity index (χ3n) is 2.99. The molecule has 1 aromatic heterocycles. The average Bonchev–Trinajstić information content (AvgIpc) is 2.92. The smallest absolute Gasteiger partial charge is 0.240 e. The molecule has 0 aliphatic rings. The van der Waals surface area contributed by atoms with Gasteiger partial charge in [0, 0.05) is 0 Å². The van der Waals surface area contributed by atoms with Crippen LogP contribution in [-0.2, 0) is 13.2 Å². The summed E-state index contributed by atoms with van der Waals surface area (Å²) in [5.41, 5.74) is 0. The van der Waals surface area contributed by atoms with Gasteiger partial charge in [-0.1, -0.05) is 18.5 Å². The molecule has 2 rings (SSSR count). The summed E-state index contributed by atoms with van der Waals surface area (Å²) in [6, 6.07) is 5.82. The molecule has 0 spiro atoms. The van der Waals surface area contributed by atoms with Gasteiger partial charge in [-0.05, 0) is 44.3 Å². The molecule has 5 nitrogen and oxygen atoms in total. The molecule has 0 fully saturated rings. The summed E-state index contributed by atoms with van der Waals surface area (Å²) in [5, 5.41) is 3.87. The van der Waals surface area contributed by atoms with E-state index in [0.717, 1.165) is 19.4 Å². The van der Waals surface area contributed by atoms with Crippen molar-refractivity contribution in [1.29, 1.82) is 0 Å². The molecule has 0 saturated heterocycles. The number of nitrogens with zero attached hydrogens (tertiary/aromatic N) is 3. The van der Waals surface area contributed by atoms with Gasteiger partial charge in [-0.2, -0.15) is 4.98 Å². The van der Waals surface area contributed by atoms with Crippen molar-refractivity contribution in [2.24, 2.45) is 0 Å². The Hall–Kier alpha value is -1.95. The molecule has 6 heteroatoms. The first-order valence-corrected chi connectivity index (χ1v) is 7.05. The first kappa shape index (κ1) is 15.4. The number of rotatable bonds is 8. The third-order valence-corrected chi connectivity index (χ3v) is 2.99. The molecule has 114 valence electrons. The highest BCUT2D eigenvalue weighted by Crippen LogP contribution is 2.12. The molecule has 0 unspecified atom stereocenters. The number of aromatic nitrogens is 2. The summed E-state index contributed by atoms with van der Waals surface area (Å²) in [4.78, 5) is 6.41. The van der Waals surface area contributed by atoms with Crippen molar-refractivity contribution in [3.8, 4) is 5.75 Å². The van der Waals surface area contributed by atoms with Crippen molar-refractivity contribution in [2.45, 2.75) is 32.9 Å². The molecule has 1 aromatic carbocycles. The zero-order chi connectivity index (χ0) is 15.1. The highest BCUT2D eigenvalue weighted by Gasteiger charge is 2.09. The van der Waals surface area contributed by atoms with Gasteiger partial charge in [-0.25, -0.2) is 4.39 Å². The van der Waals surface area contributed by atoms with Gasteiger partial charge in [0.15, 0.2) is 6.61 Å². The molecule has 0 atom stereocenters. The lowest BCUT2D eigenvalue weighted by Gasteiger charge is -2.12. The molecule has 0 saturated carbocycles. The number of unbranched alkanes of at least 4 members (excludes halogenated alkanes) is 1. The van der Waals surface area contributed by atoms with Gasteiger partial charge in [0.25, 0.3) is 0 Å². The van der Waals surface area contributed by atoms with Gasteiger partial charge >= 0.3 is 0 Å². The fraction of sp³-hybridized carbons (Fsp3) is 0.467. The van der Waals surface area contributed by atoms with E-state index in [4.69, 9.17) is 9.26 Å². The van der Waals surface area contributed by atoms with E-state index in [1.54, 1.807) is 12.1 Å². The first-order chi connectivity index (χ1) is 10.2. The number of halogens is 1. The van der Waals surface area contributed by atoms with Crippen LogP contribution in [0, 0.1) is 5.82 Å². The Balaban J connectivity index is 1.81. The normalized spacial score (nSPS) is 11.0. The van der Waals surface area contributed by atoms with E-state index in [0.29, 0.717) is 24.0 Å². The molecule has 0 amide bonds. The van der Waals surface area contributed by atoms with Crippen LogP contribution in [0.4, 0.5) is 4.39 Å². The predicted octanol–water partition coefficient (Wildman–Crippen LogP) is 3.02. The number of benzene rings is 1. The maximum atomic E-state index is 12.8. The van der Waals surface area contributed by atoms with Crippen molar-refractivity contribution < 1.29 is 13.7 Å². The van der Waals surface area contributed by atoms with Crippen LogP contribution in [-0.4, -0.2) is 28.6 Å². The maximum absolute atomic E-state index is 12.8. The Morgan fingerprint density at radius 1 is 1.29 bits per heavy atom. The lowest BCUT2D eigenvalue weighted by atomic mass is 10.3. The Kier molecular flexibility index (Phi) is 5.68. The maximum Gasteiger partial charge on any atom is 0.240 e. The Morgan fingerprint density at radius 2 is 2.05 bits per heavy atom. The Morgan fingerprint density at radius 3 is 2.76 bits per heavy atom. The summed E-state index contributed by atoms with van der Waals surface area (Å²) in [7, 11) is 2.02. The topological polar surface area (TPSA) is 51.4 Å². The minimum absolute atomic E-state index is 0.202. The van der Waals surface area contributed by atoms with Crippen LogP contribution in [0.1, 0.15) is 31.5 Å². The summed E-state index contributed by atoms with van der Waals surface area (Å²) in [6.07, 6.45) is 2.30. The summed E-state index contributed by atoms with van der Waals surface area (Å²) in [5.74, 6) is 1.34.